The third-order valence-electron chi connectivity index (χ3n) is 3.26. The third kappa shape index (κ3) is 2.51. The van der Waals surface area contributed by atoms with E-state index in [0.717, 1.165) is 0 Å². The van der Waals surface area contributed by atoms with Crippen molar-refractivity contribution < 1.29 is 19.1 Å². The Morgan fingerprint density at radius 2 is 1.89 bits per heavy atom. The Balaban J connectivity index is 2.00. The van der Waals surface area contributed by atoms with Crippen LogP contribution in [0.25, 0.3) is 0 Å². The number of likely N-dealkylation sites (tertiary alicyclic amines) is 1. The number of nitrogens with one attached hydrogen (secondary N) is 1. The van der Waals surface area contributed by atoms with Crippen molar-refractivity contribution in [3.63, 3.8) is 0 Å². The summed E-state index contributed by atoms with van der Waals surface area (Å²) in [4.78, 5) is 24.8. The summed E-state index contributed by atoms with van der Waals surface area (Å²) < 4.78 is 10.5. The Hall–Kier alpha value is -1.47. The van der Waals surface area contributed by atoms with E-state index in [1.165, 1.54) is 0 Å². The Labute approximate surface area is 105 Å². The fourth-order valence-electron chi connectivity index (χ4n) is 2.17. The van der Waals surface area contributed by atoms with Crippen molar-refractivity contribution in [3.05, 3.63) is 0 Å². The van der Waals surface area contributed by atoms with Gasteiger partial charge in [0.05, 0.1) is 0 Å². The molecule has 18 heavy (non-hydrogen) atoms. The van der Waals surface area contributed by atoms with Crippen LogP contribution in [0.2, 0.25) is 0 Å². The second-order valence-corrected chi connectivity index (χ2v) is 4.35. The van der Waals surface area contributed by atoms with Crippen molar-refractivity contribution in [3.8, 4) is 0 Å². The van der Waals surface area contributed by atoms with Gasteiger partial charge in [-0.05, 0) is 0 Å². The van der Waals surface area contributed by atoms with Gasteiger partial charge in [-0.2, -0.15) is 5.10 Å². The number of carbonyl (C=O) groups excluding carboxylic acids is 2. The molecule has 0 aromatic rings. The number of rotatable bonds is 3. The summed E-state index contributed by atoms with van der Waals surface area (Å²) in [5, 5.41) is 3.80. The van der Waals surface area contributed by atoms with Crippen LogP contribution in [-0.2, 0) is 19.1 Å². The van der Waals surface area contributed by atoms with E-state index < -0.39 is 0 Å². The molecule has 2 aliphatic rings. The number of hydrogen-bond donors (Lipinski definition) is 1. The summed E-state index contributed by atoms with van der Waals surface area (Å²) in [7, 11) is 3.20. The van der Waals surface area contributed by atoms with Crippen molar-refractivity contribution in [1.29, 1.82) is 0 Å². The van der Waals surface area contributed by atoms with E-state index >= 15 is 0 Å². The molecule has 7 heteroatoms. The number of carbonyl (C=O) groups is 2. The number of amides is 2. The second-order valence-electron chi connectivity index (χ2n) is 4.35. The first-order valence-electron chi connectivity index (χ1n) is 5.86. The van der Waals surface area contributed by atoms with Gasteiger partial charge >= 0.3 is 0 Å². The maximum absolute atomic E-state index is 12.2. The number of nitrogens with zero attached hydrogens (tertiary/aromatic N) is 2. The molecule has 0 radical (unpaired) electrons. The fraction of sp³-hybridized carbons (Fsp3) is 0.727. The highest BCUT2D eigenvalue weighted by atomic mass is 16.5. The Kier molecular flexibility index (Phi) is 3.93. The van der Waals surface area contributed by atoms with E-state index in [1.54, 1.807) is 19.1 Å². The highest BCUT2D eigenvalue weighted by Gasteiger charge is 2.37. The molecule has 2 unspecified atom stereocenters. The molecule has 2 aliphatic heterocycles. The first-order chi connectivity index (χ1) is 8.65. The molecule has 0 bridgehead atoms. The zero-order valence-corrected chi connectivity index (χ0v) is 10.5. The van der Waals surface area contributed by atoms with E-state index in [4.69, 9.17) is 9.47 Å². The lowest BCUT2D eigenvalue weighted by Gasteiger charge is -2.18. The quantitative estimate of drug-likeness (QED) is 0.710. The molecular formula is C11H17N3O4. The van der Waals surface area contributed by atoms with Crippen LogP contribution in [0.1, 0.15) is 12.8 Å². The summed E-state index contributed by atoms with van der Waals surface area (Å²) in [5.41, 5.74) is 2.72. The van der Waals surface area contributed by atoms with Crippen molar-refractivity contribution in [1.82, 2.24) is 10.3 Å². The molecule has 7 nitrogen and oxygen atoms in total. The van der Waals surface area contributed by atoms with Gasteiger partial charge in [-0.3, -0.25) is 9.59 Å². The molecule has 1 fully saturated rings. The van der Waals surface area contributed by atoms with Crippen LogP contribution >= 0.6 is 0 Å². The van der Waals surface area contributed by atoms with E-state index in [-0.39, 0.29) is 24.0 Å². The van der Waals surface area contributed by atoms with Crippen molar-refractivity contribution >= 4 is 17.5 Å². The molecule has 2 heterocycles. The fourth-order valence-corrected chi connectivity index (χ4v) is 2.17. The third-order valence-corrected chi connectivity index (χ3v) is 3.26. The number of hydrazone groups is 1. The van der Waals surface area contributed by atoms with Crippen LogP contribution in [0.3, 0.4) is 0 Å². The monoisotopic (exact) mass is 255 g/mol. The lowest BCUT2D eigenvalue weighted by molar-refractivity contribution is -0.124. The van der Waals surface area contributed by atoms with Crippen LogP contribution in [0.4, 0.5) is 0 Å². The van der Waals surface area contributed by atoms with Gasteiger partial charge in [0.15, 0.2) is 0 Å². The molecule has 0 saturated carbocycles. The maximum Gasteiger partial charge on any atom is 0.270 e. The summed E-state index contributed by atoms with van der Waals surface area (Å²) in [5.74, 6) is -0.311. The van der Waals surface area contributed by atoms with Crippen LogP contribution in [0, 0.1) is 0 Å². The van der Waals surface area contributed by atoms with E-state index in [1.807, 2.05) is 0 Å². The van der Waals surface area contributed by atoms with Gasteiger partial charge in [0.1, 0.15) is 17.9 Å². The van der Waals surface area contributed by atoms with Crippen LogP contribution in [0.5, 0.6) is 0 Å². The first-order valence-corrected chi connectivity index (χ1v) is 5.86. The van der Waals surface area contributed by atoms with Gasteiger partial charge < -0.3 is 14.4 Å². The standard InChI is InChI=1S/C11H17N3O4/c1-17-8-5-14(6-9(8)18-2)11(16)7-3-4-10(15)13-12-7/h8-9H,3-6H2,1-2H3,(H,13,15). The molecule has 100 valence electrons. The molecular weight excluding hydrogens is 238 g/mol. The molecule has 2 rings (SSSR count). The van der Waals surface area contributed by atoms with Gasteiger partial charge in [0.25, 0.3) is 5.91 Å². The van der Waals surface area contributed by atoms with Gasteiger partial charge in [-0.15, -0.1) is 0 Å². The molecule has 2 amide bonds. The molecule has 0 aromatic heterocycles. The SMILES string of the molecule is COC1CN(C(=O)C2=NNC(=O)CC2)CC1OC. The lowest BCUT2D eigenvalue weighted by atomic mass is 10.1. The van der Waals surface area contributed by atoms with E-state index in [2.05, 4.69) is 10.5 Å². The minimum absolute atomic E-state index is 0.113. The molecule has 1 saturated heterocycles. The zero-order chi connectivity index (χ0) is 13.1. The molecule has 0 aliphatic carbocycles. The summed E-state index contributed by atoms with van der Waals surface area (Å²) >= 11 is 0. The zero-order valence-electron chi connectivity index (χ0n) is 10.5. The molecule has 0 aromatic carbocycles. The average Bonchev–Trinajstić information content (AvgIpc) is 2.82. The van der Waals surface area contributed by atoms with Crippen LogP contribution in [0.15, 0.2) is 5.10 Å². The topological polar surface area (TPSA) is 80.2 Å². The van der Waals surface area contributed by atoms with Gasteiger partial charge in [0.2, 0.25) is 5.91 Å². The highest BCUT2D eigenvalue weighted by molar-refractivity contribution is 6.39. The summed E-state index contributed by atoms with van der Waals surface area (Å²) in [6.07, 6.45) is 0.464. The number of hydrogen-bond acceptors (Lipinski definition) is 5. The first kappa shape index (κ1) is 13.0. The number of methoxy groups -OCH3 is 2. The van der Waals surface area contributed by atoms with Crippen molar-refractivity contribution in [2.45, 2.75) is 25.0 Å². The number of ether oxygens (including phenoxy) is 2. The normalized spacial score (nSPS) is 28.0. The summed E-state index contributed by atoms with van der Waals surface area (Å²) in [6, 6.07) is 0. The van der Waals surface area contributed by atoms with Gasteiger partial charge in [-0.1, -0.05) is 0 Å². The van der Waals surface area contributed by atoms with Crippen molar-refractivity contribution in [2.24, 2.45) is 5.10 Å². The van der Waals surface area contributed by atoms with Gasteiger partial charge in [-0.25, -0.2) is 5.43 Å². The predicted molar refractivity (Wildman–Crippen MR) is 63.0 cm³/mol. The lowest BCUT2D eigenvalue weighted by Crippen LogP contribution is -2.39. The van der Waals surface area contributed by atoms with Crippen molar-refractivity contribution in [2.75, 3.05) is 27.3 Å². The molecule has 2 atom stereocenters. The smallest absolute Gasteiger partial charge is 0.270 e. The Morgan fingerprint density at radius 3 is 2.33 bits per heavy atom. The van der Waals surface area contributed by atoms with Gasteiger partial charge in [0, 0.05) is 40.2 Å². The van der Waals surface area contributed by atoms with Crippen LogP contribution < -0.4 is 5.43 Å². The Morgan fingerprint density at radius 1 is 1.28 bits per heavy atom. The highest BCUT2D eigenvalue weighted by Crippen LogP contribution is 2.17. The molecule has 1 N–H and O–H groups in total. The average molecular weight is 255 g/mol. The van der Waals surface area contributed by atoms with E-state index in [9.17, 15) is 9.59 Å². The predicted octanol–water partition coefficient (Wildman–Crippen LogP) is -0.875. The minimum Gasteiger partial charge on any atom is -0.377 e. The largest absolute Gasteiger partial charge is 0.377 e. The summed E-state index contributed by atoms with van der Waals surface area (Å²) in [6.45, 7) is 0.974. The van der Waals surface area contributed by atoms with E-state index in [0.29, 0.717) is 31.6 Å². The maximum atomic E-state index is 12.2. The minimum atomic E-state index is -0.156. The second kappa shape index (κ2) is 5.45. The molecule has 0 spiro atoms. The Bertz CT molecular complexity index is 370. The van der Waals surface area contributed by atoms with Crippen LogP contribution in [-0.4, -0.2) is 61.9 Å².